The summed E-state index contributed by atoms with van der Waals surface area (Å²) < 4.78 is 5.54. The van der Waals surface area contributed by atoms with Gasteiger partial charge in [0.05, 0.1) is 17.8 Å². The Balaban J connectivity index is 1.77. The third kappa shape index (κ3) is 4.34. The normalized spacial score (nSPS) is 16.7. The Morgan fingerprint density at radius 1 is 1.19 bits per heavy atom. The summed E-state index contributed by atoms with van der Waals surface area (Å²) in [6.07, 6.45) is 1.21. The van der Waals surface area contributed by atoms with Crippen LogP contribution >= 0.6 is 0 Å². The number of nitriles is 1. The van der Waals surface area contributed by atoms with Gasteiger partial charge in [-0.05, 0) is 24.1 Å². The molecule has 0 N–H and O–H groups in total. The van der Waals surface area contributed by atoms with E-state index in [1.165, 1.54) is 5.56 Å². The smallest absolute Gasteiger partial charge is 0.409 e. The van der Waals surface area contributed by atoms with Crippen molar-refractivity contribution in [3.63, 3.8) is 0 Å². The molecule has 1 saturated heterocycles. The number of carbonyl (C=O) groups excluding carboxylic acids is 1. The number of carbonyl (C=O) groups is 1. The maximum Gasteiger partial charge on any atom is 0.409 e. The van der Waals surface area contributed by atoms with Crippen molar-refractivity contribution >= 4 is 11.8 Å². The van der Waals surface area contributed by atoms with Crippen LogP contribution in [0.5, 0.6) is 0 Å². The number of nitrogens with zero attached hydrogens (tertiary/aromatic N) is 3. The van der Waals surface area contributed by atoms with Crippen molar-refractivity contribution in [2.45, 2.75) is 18.9 Å². The Morgan fingerprint density at radius 3 is 2.65 bits per heavy atom. The summed E-state index contributed by atoms with van der Waals surface area (Å²) in [6, 6.07) is 20.1. The molecule has 0 aliphatic carbocycles. The molecule has 0 spiro atoms. The number of hydrogen-bond donors (Lipinski definition) is 0. The van der Waals surface area contributed by atoms with Gasteiger partial charge < -0.3 is 14.5 Å². The van der Waals surface area contributed by atoms with E-state index >= 15 is 0 Å². The molecule has 26 heavy (non-hydrogen) atoms. The first-order valence-electron chi connectivity index (χ1n) is 8.87. The molecule has 5 nitrogen and oxygen atoms in total. The van der Waals surface area contributed by atoms with Gasteiger partial charge in [-0.3, -0.25) is 0 Å². The molecule has 1 atom stereocenters. The van der Waals surface area contributed by atoms with Gasteiger partial charge in [0.1, 0.15) is 12.2 Å². The van der Waals surface area contributed by atoms with Crippen LogP contribution in [0.3, 0.4) is 0 Å². The fourth-order valence-corrected chi connectivity index (χ4v) is 3.16. The highest BCUT2D eigenvalue weighted by Crippen LogP contribution is 2.22. The Labute approximate surface area is 154 Å². The fourth-order valence-electron chi connectivity index (χ4n) is 3.16. The minimum absolute atomic E-state index is 0.166. The molecule has 0 aromatic heterocycles. The molecule has 0 radical (unpaired) electrons. The van der Waals surface area contributed by atoms with E-state index < -0.39 is 0 Å². The van der Waals surface area contributed by atoms with Gasteiger partial charge in [-0.2, -0.15) is 5.26 Å². The molecule has 0 unspecified atom stereocenters. The Kier molecular flexibility index (Phi) is 5.75. The van der Waals surface area contributed by atoms with E-state index in [0.717, 1.165) is 25.1 Å². The van der Waals surface area contributed by atoms with Gasteiger partial charge in [0.25, 0.3) is 0 Å². The number of cyclic esters (lactones) is 1. The van der Waals surface area contributed by atoms with E-state index in [1.807, 2.05) is 42.5 Å². The van der Waals surface area contributed by atoms with Crippen molar-refractivity contribution in [3.05, 3.63) is 65.7 Å². The van der Waals surface area contributed by atoms with E-state index in [2.05, 4.69) is 23.1 Å². The lowest BCUT2D eigenvalue weighted by Crippen LogP contribution is -2.45. The van der Waals surface area contributed by atoms with Crippen LogP contribution < -0.4 is 4.90 Å². The monoisotopic (exact) mass is 349 g/mol. The van der Waals surface area contributed by atoms with Gasteiger partial charge in [-0.25, -0.2) is 4.79 Å². The average Bonchev–Trinajstić information content (AvgIpc) is 2.68. The van der Waals surface area contributed by atoms with E-state index in [4.69, 9.17) is 4.74 Å². The molecule has 0 bridgehead atoms. The summed E-state index contributed by atoms with van der Waals surface area (Å²) in [5, 5.41) is 9.47. The summed E-state index contributed by atoms with van der Waals surface area (Å²) in [7, 11) is 1.75. The average molecular weight is 349 g/mol. The van der Waals surface area contributed by atoms with Crippen LogP contribution in [0.25, 0.3) is 0 Å². The molecule has 5 heteroatoms. The first-order valence-corrected chi connectivity index (χ1v) is 8.87. The number of ether oxygens (including phenoxy) is 1. The van der Waals surface area contributed by atoms with Crippen LogP contribution in [0.2, 0.25) is 0 Å². The van der Waals surface area contributed by atoms with Crippen molar-refractivity contribution in [2.75, 3.05) is 31.6 Å². The molecular weight excluding hydrogens is 326 g/mol. The van der Waals surface area contributed by atoms with Crippen LogP contribution in [0.1, 0.15) is 17.5 Å². The number of hydrogen-bond acceptors (Lipinski definition) is 4. The highest BCUT2D eigenvalue weighted by molar-refractivity contribution is 5.68. The molecule has 0 saturated carbocycles. The first-order chi connectivity index (χ1) is 12.7. The van der Waals surface area contributed by atoms with Gasteiger partial charge in [0.15, 0.2) is 0 Å². The lowest BCUT2D eigenvalue weighted by molar-refractivity contribution is 0.0364. The van der Waals surface area contributed by atoms with Crippen molar-refractivity contribution in [1.29, 1.82) is 5.26 Å². The van der Waals surface area contributed by atoms with Crippen molar-refractivity contribution in [1.82, 2.24) is 4.90 Å². The second-order valence-corrected chi connectivity index (χ2v) is 6.53. The summed E-state index contributed by atoms with van der Waals surface area (Å²) in [6.45, 7) is 2.04. The molecule has 2 aromatic rings. The van der Waals surface area contributed by atoms with Crippen molar-refractivity contribution in [2.24, 2.45) is 0 Å². The second kappa shape index (κ2) is 8.39. The molecule has 1 heterocycles. The minimum Gasteiger partial charge on any atom is -0.444 e. The van der Waals surface area contributed by atoms with Gasteiger partial charge in [-0.1, -0.05) is 42.5 Å². The standard InChI is InChI=1S/C21H23N3O2/c1-23-13-12-19(26-21(23)25)16-24(14-11-17-7-3-2-4-8-17)20-10-6-5-9-18(20)15-22/h2-10,19H,11-14,16H2,1H3/t19-/m0/s1. The molecule has 1 aliphatic rings. The van der Waals surface area contributed by atoms with E-state index in [-0.39, 0.29) is 12.2 Å². The van der Waals surface area contributed by atoms with Crippen LogP contribution in [0.15, 0.2) is 54.6 Å². The largest absolute Gasteiger partial charge is 0.444 e. The van der Waals surface area contributed by atoms with E-state index in [0.29, 0.717) is 18.7 Å². The molecule has 1 fully saturated rings. The second-order valence-electron chi connectivity index (χ2n) is 6.53. The predicted octanol–water partition coefficient (Wildman–Crippen LogP) is 3.45. The van der Waals surface area contributed by atoms with Crippen molar-refractivity contribution < 1.29 is 9.53 Å². The summed E-state index contributed by atoms with van der Waals surface area (Å²) >= 11 is 0. The number of benzene rings is 2. The van der Waals surface area contributed by atoms with Gasteiger partial charge in [0.2, 0.25) is 0 Å². The molecular formula is C21H23N3O2. The fraction of sp³-hybridized carbons (Fsp3) is 0.333. The predicted molar refractivity (Wildman–Crippen MR) is 101 cm³/mol. The highest BCUT2D eigenvalue weighted by Gasteiger charge is 2.26. The minimum atomic E-state index is -0.280. The van der Waals surface area contributed by atoms with Gasteiger partial charge in [-0.15, -0.1) is 0 Å². The van der Waals surface area contributed by atoms with Crippen LogP contribution in [-0.2, 0) is 11.2 Å². The summed E-state index contributed by atoms with van der Waals surface area (Å²) in [5.74, 6) is 0. The Bertz CT molecular complexity index is 785. The Morgan fingerprint density at radius 2 is 1.92 bits per heavy atom. The third-order valence-electron chi connectivity index (χ3n) is 4.67. The lowest BCUT2D eigenvalue weighted by Gasteiger charge is -2.34. The van der Waals surface area contributed by atoms with Gasteiger partial charge >= 0.3 is 6.09 Å². The molecule has 134 valence electrons. The molecule has 3 rings (SSSR count). The zero-order valence-electron chi connectivity index (χ0n) is 15.0. The molecule has 1 aliphatic heterocycles. The topological polar surface area (TPSA) is 56.6 Å². The van der Waals surface area contributed by atoms with E-state index in [9.17, 15) is 10.1 Å². The van der Waals surface area contributed by atoms with Gasteiger partial charge in [0, 0.05) is 26.6 Å². The lowest BCUT2D eigenvalue weighted by atomic mass is 10.1. The van der Waals surface area contributed by atoms with Crippen molar-refractivity contribution in [3.8, 4) is 6.07 Å². The number of amides is 1. The van der Waals surface area contributed by atoms with E-state index in [1.54, 1.807) is 11.9 Å². The molecule has 1 amide bonds. The highest BCUT2D eigenvalue weighted by atomic mass is 16.6. The maximum atomic E-state index is 11.9. The van der Waals surface area contributed by atoms with Crippen LogP contribution in [-0.4, -0.2) is 43.8 Å². The number of rotatable bonds is 6. The number of anilines is 1. The summed E-state index contributed by atoms with van der Waals surface area (Å²) in [5.41, 5.74) is 2.77. The maximum absolute atomic E-state index is 11.9. The summed E-state index contributed by atoms with van der Waals surface area (Å²) in [4.78, 5) is 15.6. The zero-order valence-corrected chi connectivity index (χ0v) is 15.0. The SMILES string of the molecule is CN1CC[C@@H](CN(CCc2ccccc2)c2ccccc2C#N)OC1=O. The quantitative estimate of drug-likeness (QED) is 0.801. The number of para-hydroxylation sites is 1. The van der Waals surface area contributed by atoms with Crippen LogP contribution in [0, 0.1) is 11.3 Å². The molecule has 2 aromatic carbocycles. The first kappa shape index (κ1) is 17.8. The van der Waals surface area contributed by atoms with Crippen LogP contribution in [0.4, 0.5) is 10.5 Å². The third-order valence-corrected chi connectivity index (χ3v) is 4.67. The zero-order chi connectivity index (χ0) is 18.4. The Hall–Kier alpha value is -3.00.